The summed E-state index contributed by atoms with van der Waals surface area (Å²) >= 11 is 0. The third-order valence-corrected chi connectivity index (χ3v) is 3.39. The Kier molecular flexibility index (Phi) is 3.79. The van der Waals surface area contributed by atoms with Gasteiger partial charge in [-0.3, -0.25) is 10.1 Å². The molecule has 2 heterocycles. The van der Waals surface area contributed by atoms with Crippen LogP contribution in [-0.2, 0) is 16.1 Å². The summed E-state index contributed by atoms with van der Waals surface area (Å²) in [7, 11) is 1.53. The summed E-state index contributed by atoms with van der Waals surface area (Å²) in [6, 6.07) is 4.03. The number of carbonyl (C=O) groups is 1. The van der Waals surface area contributed by atoms with Crippen LogP contribution in [-0.4, -0.2) is 36.5 Å². The number of carbonyl (C=O) groups excluding carboxylic acids is 1. The Morgan fingerprint density at radius 3 is 3.09 bits per heavy atom. The van der Waals surface area contributed by atoms with Crippen LogP contribution in [0.25, 0.3) is 11.1 Å². The van der Waals surface area contributed by atoms with Gasteiger partial charge in [0.25, 0.3) is 5.92 Å². The van der Waals surface area contributed by atoms with E-state index in [1.54, 1.807) is 18.2 Å². The Hall–Kier alpha value is -2.06. The lowest BCUT2D eigenvalue weighted by molar-refractivity contribution is -0.118. The van der Waals surface area contributed by atoms with Crippen LogP contribution in [0.4, 0.5) is 14.5 Å². The predicted molar refractivity (Wildman–Crippen MR) is 74.7 cm³/mol. The molecule has 0 bridgehead atoms. The molecule has 0 radical (unpaired) electrons. The van der Waals surface area contributed by atoms with Gasteiger partial charge in [0.1, 0.15) is 12.1 Å². The number of nitrogens with one attached hydrogen (secondary N) is 2. The number of aromatic nitrogens is 1. The smallest absolute Gasteiger partial charge is 0.262 e. The van der Waals surface area contributed by atoms with Crippen LogP contribution in [0, 0.1) is 0 Å². The lowest BCUT2D eigenvalue weighted by Gasteiger charge is -2.11. The molecule has 22 heavy (non-hydrogen) atoms. The van der Waals surface area contributed by atoms with E-state index in [2.05, 4.69) is 15.6 Å². The van der Waals surface area contributed by atoms with Crippen molar-refractivity contribution in [3.63, 3.8) is 0 Å². The van der Waals surface area contributed by atoms with E-state index in [1.807, 2.05) is 0 Å². The molecule has 2 aromatic rings. The van der Waals surface area contributed by atoms with Gasteiger partial charge >= 0.3 is 0 Å². The summed E-state index contributed by atoms with van der Waals surface area (Å²) in [4.78, 5) is 16.2. The van der Waals surface area contributed by atoms with Crippen molar-refractivity contribution in [3.05, 3.63) is 24.1 Å². The summed E-state index contributed by atoms with van der Waals surface area (Å²) in [6.45, 7) is -0.231. The molecular formula is C14H15F2N3O3. The molecule has 2 N–H and O–H groups in total. The van der Waals surface area contributed by atoms with Crippen molar-refractivity contribution >= 4 is 22.7 Å². The predicted octanol–water partition coefficient (Wildman–Crippen LogP) is 1.91. The zero-order valence-corrected chi connectivity index (χ0v) is 11.9. The van der Waals surface area contributed by atoms with E-state index in [0.29, 0.717) is 22.7 Å². The normalized spacial score (nSPS) is 20.4. The first-order chi connectivity index (χ1) is 10.5. The highest BCUT2D eigenvalue weighted by atomic mass is 19.3. The Bertz CT molecular complexity index is 702. The van der Waals surface area contributed by atoms with Crippen LogP contribution in [0.5, 0.6) is 0 Å². The second kappa shape index (κ2) is 5.62. The number of anilines is 1. The molecule has 1 aliphatic rings. The third kappa shape index (κ3) is 3.07. The van der Waals surface area contributed by atoms with Gasteiger partial charge in [-0.1, -0.05) is 0 Å². The molecule has 1 aliphatic heterocycles. The molecule has 1 amide bonds. The lowest BCUT2D eigenvalue weighted by Crippen LogP contribution is -2.35. The number of alkyl halides is 2. The Balaban J connectivity index is 1.72. The molecule has 1 atom stereocenters. The van der Waals surface area contributed by atoms with Crippen LogP contribution < -0.4 is 10.6 Å². The fraction of sp³-hybridized carbons (Fsp3) is 0.429. The maximum atomic E-state index is 13.1. The second-order valence-electron chi connectivity index (χ2n) is 5.21. The fourth-order valence-corrected chi connectivity index (χ4v) is 2.37. The zero-order chi connectivity index (χ0) is 15.7. The van der Waals surface area contributed by atoms with Crippen molar-refractivity contribution in [2.24, 2.45) is 0 Å². The number of fused-ring (bicyclic) bond motifs is 1. The molecule has 0 aliphatic carbocycles. The summed E-state index contributed by atoms with van der Waals surface area (Å²) < 4.78 is 36.6. The number of amides is 1. The average Bonchev–Trinajstić information content (AvgIpc) is 3.01. The number of oxazole rings is 1. The monoisotopic (exact) mass is 311 g/mol. The van der Waals surface area contributed by atoms with Crippen LogP contribution in [0.2, 0.25) is 0 Å². The van der Waals surface area contributed by atoms with Crippen LogP contribution in [0.3, 0.4) is 0 Å². The molecular weight excluding hydrogens is 296 g/mol. The summed E-state index contributed by atoms with van der Waals surface area (Å²) in [5, 5.41) is 5.12. The van der Waals surface area contributed by atoms with Crippen LogP contribution in [0.1, 0.15) is 12.3 Å². The van der Waals surface area contributed by atoms with Crippen molar-refractivity contribution < 1.29 is 22.7 Å². The maximum Gasteiger partial charge on any atom is 0.262 e. The highest BCUT2D eigenvalue weighted by Gasteiger charge is 2.42. The molecule has 0 spiro atoms. The first-order valence-corrected chi connectivity index (χ1v) is 6.77. The molecule has 1 fully saturated rings. The van der Waals surface area contributed by atoms with Gasteiger partial charge in [0.05, 0.1) is 12.6 Å². The first kappa shape index (κ1) is 14.9. The number of nitrogens with zero attached hydrogens (tertiary/aromatic N) is 1. The van der Waals surface area contributed by atoms with Crippen molar-refractivity contribution in [3.8, 4) is 0 Å². The van der Waals surface area contributed by atoms with E-state index in [1.165, 1.54) is 7.11 Å². The Morgan fingerprint density at radius 2 is 2.41 bits per heavy atom. The Morgan fingerprint density at radius 1 is 1.59 bits per heavy atom. The van der Waals surface area contributed by atoms with E-state index < -0.39 is 30.8 Å². The molecule has 1 unspecified atom stereocenters. The first-order valence-electron chi connectivity index (χ1n) is 6.77. The van der Waals surface area contributed by atoms with Gasteiger partial charge in [-0.25, -0.2) is 13.8 Å². The van der Waals surface area contributed by atoms with Gasteiger partial charge in [0.2, 0.25) is 11.8 Å². The summed E-state index contributed by atoms with van der Waals surface area (Å²) in [6.07, 6.45) is -0.497. The van der Waals surface area contributed by atoms with Gasteiger partial charge < -0.3 is 14.5 Å². The topological polar surface area (TPSA) is 76.4 Å². The molecule has 118 valence electrons. The third-order valence-electron chi connectivity index (χ3n) is 3.39. The minimum Gasteiger partial charge on any atom is -0.438 e. The number of ether oxygens (including phenoxy) is 1. The van der Waals surface area contributed by atoms with E-state index in [4.69, 9.17) is 9.15 Å². The number of methoxy groups -OCH3 is 1. The molecule has 1 aromatic heterocycles. The van der Waals surface area contributed by atoms with E-state index >= 15 is 0 Å². The quantitative estimate of drug-likeness (QED) is 0.902. The number of rotatable bonds is 4. The van der Waals surface area contributed by atoms with Crippen LogP contribution >= 0.6 is 0 Å². The van der Waals surface area contributed by atoms with Crippen molar-refractivity contribution in [2.45, 2.75) is 25.0 Å². The van der Waals surface area contributed by atoms with Gasteiger partial charge in [0.15, 0.2) is 5.58 Å². The van der Waals surface area contributed by atoms with Crippen molar-refractivity contribution in [1.82, 2.24) is 10.3 Å². The van der Waals surface area contributed by atoms with E-state index in [-0.39, 0.29) is 6.61 Å². The second-order valence-corrected chi connectivity index (χ2v) is 5.21. The number of benzene rings is 1. The molecule has 3 rings (SSSR count). The Labute approximate surface area is 124 Å². The van der Waals surface area contributed by atoms with Gasteiger partial charge in [-0.05, 0) is 18.2 Å². The highest BCUT2D eigenvalue weighted by Crippen LogP contribution is 2.26. The van der Waals surface area contributed by atoms with Crippen LogP contribution in [0.15, 0.2) is 22.6 Å². The number of hydrogen-bond acceptors (Lipinski definition) is 5. The standard InChI is InChI=1S/C14H15F2N3O3/c1-21-6-12-19-9-4-8(2-3-11(9)22-12)18-13(20)10-5-14(15,16)7-17-10/h2-4,10,17H,5-7H2,1H3,(H,18,20). The molecule has 8 heteroatoms. The SMILES string of the molecule is COCc1nc2cc(NC(=O)C3CC(F)(F)CN3)ccc2o1. The van der Waals surface area contributed by atoms with Crippen molar-refractivity contribution in [2.75, 3.05) is 19.0 Å². The number of halogens is 2. The number of hydrogen-bond donors (Lipinski definition) is 2. The average molecular weight is 311 g/mol. The fourth-order valence-electron chi connectivity index (χ4n) is 2.37. The van der Waals surface area contributed by atoms with Gasteiger partial charge in [-0.2, -0.15) is 0 Å². The maximum absolute atomic E-state index is 13.1. The minimum atomic E-state index is -2.84. The molecule has 1 saturated heterocycles. The molecule has 1 aromatic carbocycles. The van der Waals surface area contributed by atoms with Gasteiger partial charge in [-0.15, -0.1) is 0 Å². The van der Waals surface area contributed by atoms with E-state index in [9.17, 15) is 13.6 Å². The highest BCUT2D eigenvalue weighted by molar-refractivity contribution is 5.96. The molecule has 0 saturated carbocycles. The van der Waals surface area contributed by atoms with Gasteiger partial charge in [0, 0.05) is 19.2 Å². The lowest BCUT2D eigenvalue weighted by atomic mass is 10.2. The molecule has 6 nitrogen and oxygen atoms in total. The largest absolute Gasteiger partial charge is 0.438 e. The zero-order valence-electron chi connectivity index (χ0n) is 11.9. The summed E-state index contributed by atoms with van der Waals surface area (Å²) in [5.74, 6) is -2.90. The van der Waals surface area contributed by atoms with Crippen molar-refractivity contribution in [1.29, 1.82) is 0 Å². The van der Waals surface area contributed by atoms with E-state index in [0.717, 1.165) is 0 Å². The minimum absolute atomic E-state index is 0.247. The summed E-state index contributed by atoms with van der Waals surface area (Å²) in [5.41, 5.74) is 1.61.